The molecule has 20 heavy (non-hydrogen) atoms. The van der Waals surface area contributed by atoms with Crippen molar-refractivity contribution >= 4 is 11.3 Å². The number of hydrogen-bond donors (Lipinski definition) is 1. The fourth-order valence-electron chi connectivity index (χ4n) is 2.44. The largest absolute Gasteiger partial charge is 0.305 e. The zero-order valence-corrected chi connectivity index (χ0v) is 13.8. The van der Waals surface area contributed by atoms with Crippen LogP contribution >= 0.6 is 11.3 Å². The third-order valence-electron chi connectivity index (χ3n) is 3.94. The normalized spacial score (nSPS) is 12.6. The lowest BCUT2D eigenvalue weighted by Crippen LogP contribution is -2.19. The van der Waals surface area contributed by atoms with E-state index in [0.29, 0.717) is 6.04 Å². The molecule has 1 N–H and O–H groups in total. The Hall–Kier alpha value is -1.12. The minimum atomic E-state index is 0.448. The molecule has 0 bridgehead atoms. The number of rotatable bonds is 6. The minimum absolute atomic E-state index is 0.448. The second-order valence-corrected chi connectivity index (χ2v) is 6.73. The molecule has 0 fully saturated rings. The summed E-state index contributed by atoms with van der Waals surface area (Å²) >= 11 is 1.91. The van der Waals surface area contributed by atoms with Crippen molar-refractivity contribution < 1.29 is 0 Å². The van der Waals surface area contributed by atoms with Crippen molar-refractivity contribution in [3.63, 3.8) is 0 Å². The maximum absolute atomic E-state index is 3.69. The van der Waals surface area contributed by atoms with E-state index in [0.717, 1.165) is 19.4 Å². The van der Waals surface area contributed by atoms with E-state index in [1.807, 2.05) is 11.3 Å². The standard InChI is InChI=1S/C18H25NS/c1-5-15-7-9-16(10-8-15)18(6-2)19-12-17-11-13(3)14(4)20-17/h7-11,18-19H,5-6,12H2,1-4H3. The summed E-state index contributed by atoms with van der Waals surface area (Å²) in [6.45, 7) is 9.80. The molecule has 0 radical (unpaired) electrons. The van der Waals surface area contributed by atoms with Crippen LogP contribution in [0.1, 0.15) is 52.8 Å². The Morgan fingerprint density at radius 3 is 2.30 bits per heavy atom. The lowest BCUT2D eigenvalue weighted by atomic mass is 10.0. The molecular weight excluding hydrogens is 262 g/mol. The average Bonchev–Trinajstić information content (AvgIpc) is 2.79. The highest BCUT2D eigenvalue weighted by Gasteiger charge is 2.09. The van der Waals surface area contributed by atoms with Crippen molar-refractivity contribution in [3.8, 4) is 0 Å². The van der Waals surface area contributed by atoms with Crippen LogP contribution in [0.4, 0.5) is 0 Å². The lowest BCUT2D eigenvalue weighted by Gasteiger charge is -2.17. The van der Waals surface area contributed by atoms with Gasteiger partial charge in [0.25, 0.3) is 0 Å². The van der Waals surface area contributed by atoms with Gasteiger partial charge in [-0.2, -0.15) is 0 Å². The van der Waals surface area contributed by atoms with Gasteiger partial charge in [-0.15, -0.1) is 11.3 Å². The van der Waals surface area contributed by atoms with Gasteiger partial charge in [-0.05, 0) is 49.4 Å². The van der Waals surface area contributed by atoms with Crippen LogP contribution in [-0.4, -0.2) is 0 Å². The quantitative estimate of drug-likeness (QED) is 0.773. The number of hydrogen-bond acceptors (Lipinski definition) is 2. The van der Waals surface area contributed by atoms with Crippen LogP contribution in [0.3, 0.4) is 0 Å². The van der Waals surface area contributed by atoms with Crippen LogP contribution < -0.4 is 5.32 Å². The Balaban J connectivity index is 2.00. The van der Waals surface area contributed by atoms with Crippen molar-refractivity contribution in [2.75, 3.05) is 0 Å². The Bertz CT molecular complexity index is 520. The van der Waals surface area contributed by atoms with Gasteiger partial charge < -0.3 is 5.32 Å². The first-order chi connectivity index (χ1) is 9.63. The number of aryl methyl sites for hydroxylation is 3. The Kier molecular flexibility index (Phi) is 5.38. The molecule has 0 aliphatic carbocycles. The summed E-state index contributed by atoms with van der Waals surface area (Å²) in [5.74, 6) is 0. The maximum atomic E-state index is 3.69. The van der Waals surface area contributed by atoms with E-state index in [4.69, 9.17) is 0 Å². The van der Waals surface area contributed by atoms with Crippen molar-refractivity contribution in [2.45, 2.75) is 53.1 Å². The lowest BCUT2D eigenvalue weighted by molar-refractivity contribution is 0.522. The molecule has 2 heteroatoms. The Morgan fingerprint density at radius 1 is 1.10 bits per heavy atom. The molecule has 2 aromatic rings. The summed E-state index contributed by atoms with van der Waals surface area (Å²) in [4.78, 5) is 2.87. The minimum Gasteiger partial charge on any atom is -0.305 e. The highest BCUT2D eigenvalue weighted by atomic mass is 32.1. The molecule has 108 valence electrons. The molecular formula is C18H25NS. The van der Waals surface area contributed by atoms with Crippen LogP contribution in [0.25, 0.3) is 0 Å². The summed E-state index contributed by atoms with van der Waals surface area (Å²) in [6.07, 6.45) is 2.23. The molecule has 1 atom stereocenters. The third kappa shape index (κ3) is 3.71. The molecule has 1 nitrogen and oxygen atoms in total. The molecule has 1 unspecified atom stereocenters. The molecule has 1 aromatic heterocycles. The Morgan fingerprint density at radius 2 is 1.80 bits per heavy atom. The molecule has 0 amide bonds. The van der Waals surface area contributed by atoms with Crippen molar-refractivity contribution in [1.82, 2.24) is 5.32 Å². The second kappa shape index (κ2) is 7.05. The van der Waals surface area contributed by atoms with Gasteiger partial charge in [0.15, 0.2) is 0 Å². The van der Waals surface area contributed by atoms with Gasteiger partial charge >= 0.3 is 0 Å². The third-order valence-corrected chi connectivity index (χ3v) is 5.09. The molecule has 1 heterocycles. The Labute approximate surface area is 127 Å². The molecule has 0 saturated carbocycles. The molecule has 0 aliphatic heterocycles. The van der Waals surface area contributed by atoms with Crippen molar-refractivity contribution in [3.05, 3.63) is 56.8 Å². The highest BCUT2D eigenvalue weighted by Crippen LogP contribution is 2.23. The van der Waals surface area contributed by atoms with Crippen LogP contribution in [0.15, 0.2) is 30.3 Å². The number of benzene rings is 1. The van der Waals surface area contributed by atoms with E-state index in [9.17, 15) is 0 Å². The molecule has 0 aliphatic rings. The summed E-state index contributed by atoms with van der Waals surface area (Å²) in [7, 11) is 0. The van der Waals surface area contributed by atoms with Gasteiger partial charge in [-0.1, -0.05) is 38.1 Å². The predicted octanol–water partition coefficient (Wildman–Crippen LogP) is 5.17. The van der Waals surface area contributed by atoms with Crippen LogP contribution in [0.2, 0.25) is 0 Å². The predicted molar refractivity (Wildman–Crippen MR) is 89.5 cm³/mol. The van der Waals surface area contributed by atoms with E-state index < -0.39 is 0 Å². The summed E-state index contributed by atoms with van der Waals surface area (Å²) in [5.41, 5.74) is 4.22. The first kappa shape index (κ1) is 15.3. The molecule has 1 aromatic carbocycles. The van der Waals surface area contributed by atoms with Gasteiger partial charge in [0.05, 0.1) is 0 Å². The van der Waals surface area contributed by atoms with E-state index in [-0.39, 0.29) is 0 Å². The van der Waals surface area contributed by atoms with Gasteiger partial charge in [-0.25, -0.2) is 0 Å². The van der Waals surface area contributed by atoms with Gasteiger partial charge in [0, 0.05) is 22.3 Å². The van der Waals surface area contributed by atoms with E-state index in [1.165, 1.54) is 26.4 Å². The van der Waals surface area contributed by atoms with Crippen LogP contribution in [0.5, 0.6) is 0 Å². The molecule has 0 saturated heterocycles. The zero-order chi connectivity index (χ0) is 14.5. The first-order valence-electron chi connectivity index (χ1n) is 7.52. The fraction of sp³-hybridized carbons (Fsp3) is 0.444. The summed E-state index contributed by atoms with van der Waals surface area (Å²) in [6, 6.07) is 11.8. The molecule has 2 rings (SSSR count). The van der Waals surface area contributed by atoms with Crippen LogP contribution in [-0.2, 0) is 13.0 Å². The van der Waals surface area contributed by atoms with E-state index >= 15 is 0 Å². The first-order valence-corrected chi connectivity index (χ1v) is 8.33. The van der Waals surface area contributed by atoms with Gasteiger partial charge in [0.1, 0.15) is 0 Å². The monoisotopic (exact) mass is 287 g/mol. The van der Waals surface area contributed by atoms with E-state index in [1.54, 1.807) is 0 Å². The number of nitrogens with one attached hydrogen (secondary N) is 1. The van der Waals surface area contributed by atoms with Gasteiger partial charge in [-0.3, -0.25) is 0 Å². The average molecular weight is 287 g/mol. The zero-order valence-electron chi connectivity index (χ0n) is 13.0. The second-order valence-electron chi connectivity index (χ2n) is 5.39. The molecule has 0 spiro atoms. The van der Waals surface area contributed by atoms with Gasteiger partial charge in [0.2, 0.25) is 0 Å². The summed E-state index contributed by atoms with van der Waals surface area (Å²) < 4.78 is 0. The van der Waals surface area contributed by atoms with E-state index in [2.05, 4.69) is 63.3 Å². The van der Waals surface area contributed by atoms with Crippen LogP contribution in [0, 0.1) is 13.8 Å². The highest BCUT2D eigenvalue weighted by molar-refractivity contribution is 7.12. The number of thiophene rings is 1. The maximum Gasteiger partial charge on any atom is 0.0320 e. The van der Waals surface area contributed by atoms with Crippen molar-refractivity contribution in [1.29, 1.82) is 0 Å². The fourth-order valence-corrected chi connectivity index (χ4v) is 3.45. The topological polar surface area (TPSA) is 12.0 Å². The van der Waals surface area contributed by atoms with Crippen molar-refractivity contribution in [2.24, 2.45) is 0 Å². The summed E-state index contributed by atoms with van der Waals surface area (Å²) in [5, 5.41) is 3.69. The smallest absolute Gasteiger partial charge is 0.0320 e. The SMILES string of the molecule is CCc1ccc(C(CC)NCc2cc(C)c(C)s2)cc1.